The van der Waals surface area contributed by atoms with Crippen LogP contribution in [0.3, 0.4) is 0 Å². The number of hydrogen-bond donors (Lipinski definition) is 0. The SMILES string of the molecule is Cc1ccc(-c2csc(Cc3ccc(F)cc3)n2)cc1. The van der Waals surface area contributed by atoms with Gasteiger partial charge in [-0.3, -0.25) is 0 Å². The van der Waals surface area contributed by atoms with Crippen molar-refractivity contribution >= 4 is 11.3 Å². The van der Waals surface area contributed by atoms with E-state index in [0.29, 0.717) is 0 Å². The molecule has 20 heavy (non-hydrogen) atoms. The number of hydrogen-bond acceptors (Lipinski definition) is 2. The molecule has 0 bridgehead atoms. The van der Waals surface area contributed by atoms with Crippen molar-refractivity contribution in [3.05, 3.63) is 75.9 Å². The van der Waals surface area contributed by atoms with E-state index in [2.05, 4.69) is 41.6 Å². The van der Waals surface area contributed by atoms with Gasteiger partial charge in [0.25, 0.3) is 0 Å². The second-order valence-corrected chi connectivity index (χ2v) is 5.74. The van der Waals surface area contributed by atoms with Crippen LogP contribution in [0.5, 0.6) is 0 Å². The van der Waals surface area contributed by atoms with Gasteiger partial charge in [-0.05, 0) is 24.6 Å². The Hall–Kier alpha value is -2.00. The summed E-state index contributed by atoms with van der Waals surface area (Å²) in [7, 11) is 0. The van der Waals surface area contributed by atoms with Crippen molar-refractivity contribution in [3.63, 3.8) is 0 Å². The van der Waals surface area contributed by atoms with E-state index in [-0.39, 0.29) is 5.82 Å². The minimum absolute atomic E-state index is 0.201. The Morgan fingerprint density at radius 3 is 2.40 bits per heavy atom. The zero-order chi connectivity index (χ0) is 13.9. The lowest BCUT2D eigenvalue weighted by molar-refractivity contribution is 0.627. The van der Waals surface area contributed by atoms with Crippen molar-refractivity contribution < 1.29 is 4.39 Å². The summed E-state index contributed by atoms with van der Waals surface area (Å²) in [5.41, 5.74) is 4.47. The lowest BCUT2D eigenvalue weighted by Gasteiger charge is -1.98. The topological polar surface area (TPSA) is 12.9 Å². The third-order valence-electron chi connectivity index (χ3n) is 3.17. The van der Waals surface area contributed by atoms with Crippen LogP contribution >= 0.6 is 11.3 Å². The van der Waals surface area contributed by atoms with Crippen LogP contribution in [0.15, 0.2) is 53.9 Å². The standard InChI is InChI=1S/C17H14FNS/c1-12-2-6-14(7-3-12)16-11-20-17(19-16)10-13-4-8-15(18)9-5-13/h2-9,11H,10H2,1H3. The van der Waals surface area contributed by atoms with Crippen LogP contribution in [0.4, 0.5) is 4.39 Å². The monoisotopic (exact) mass is 283 g/mol. The van der Waals surface area contributed by atoms with E-state index in [1.165, 1.54) is 17.7 Å². The van der Waals surface area contributed by atoms with Crippen LogP contribution < -0.4 is 0 Å². The number of rotatable bonds is 3. The lowest BCUT2D eigenvalue weighted by Crippen LogP contribution is -1.88. The van der Waals surface area contributed by atoms with Crippen LogP contribution in [-0.4, -0.2) is 4.98 Å². The van der Waals surface area contributed by atoms with Gasteiger partial charge < -0.3 is 0 Å². The third-order valence-corrected chi connectivity index (χ3v) is 4.02. The maximum atomic E-state index is 12.9. The normalized spacial score (nSPS) is 10.7. The molecule has 1 heterocycles. The summed E-state index contributed by atoms with van der Waals surface area (Å²) in [6.07, 6.45) is 0.747. The molecule has 0 aliphatic heterocycles. The molecule has 0 aliphatic carbocycles. The van der Waals surface area contributed by atoms with Crippen molar-refractivity contribution in [2.45, 2.75) is 13.3 Å². The van der Waals surface area contributed by atoms with Crippen LogP contribution in [0.25, 0.3) is 11.3 Å². The molecule has 0 spiro atoms. The maximum Gasteiger partial charge on any atom is 0.123 e. The molecule has 0 aliphatic rings. The highest BCUT2D eigenvalue weighted by molar-refractivity contribution is 7.10. The fourth-order valence-corrected chi connectivity index (χ4v) is 2.86. The van der Waals surface area contributed by atoms with Crippen molar-refractivity contribution in [2.75, 3.05) is 0 Å². The summed E-state index contributed by atoms with van der Waals surface area (Å²) >= 11 is 1.64. The molecule has 0 saturated heterocycles. The molecule has 3 rings (SSSR count). The van der Waals surface area contributed by atoms with Crippen LogP contribution in [0, 0.1) is 12.7 Å². The first kappa shape index (κ1) is 13.0. The number of aryl methyl sites for hydroxylation is 1. The summed E-state index contributed by atoms with van der Waals surface area (Å²) in [5, 5.41) is 3.12. The molecule has 3 aromatic rings. The lowest BCUT2D eigenvalue weighted by atomic mass is 10.1. The van der Waals surface area contributed by atoms with Gasteiger partial charge in [0.2, 0.25) is 0 Å². The van der Waals surface area contributed by atoms with Gasteiger partial charge in [0.15, 0.2) is 0 Å². The second kappa shape index (κ2) is 5.55. The van der Waals surface area contributed by atoms with Crippen LogP contribution in [-0.2, 0) is 6.42 Å². The molecule has 1 nitrogen and oxygen atoms in total. The van der Waals surface area contributed by atoms with E-state index in [1.807, 2.05) is 12.1 Å². The molecule has 3 heteroatoms. The third kappa shape index (κ3) is 2.94. The fourth-order valence-electron chi connectivity index (χ4n) is 2.03. The predicted octanol–water partition coefficient (Wildman–Crippen LogP) is 4.85. The summed E-state index contributed by atoms with van der Waals surface area (Å²) in [6.45, 7) is 2.07. The Morgan fingerprint density at radius 1 is 1.00 bits per heavy atom. The van der Waals surface area contributed by atoms with Gasteiger partial charge in [-0.25, -0.2) is 9.37 Å². The zero-order valence-corrected chi connectivity index (χ0v) is 12.0. The van der Waals surface area contributed by atoms with Crippen LogP contribution in [0.2, 0.25) is 0 Å². The molecule has 0 fully saturated rings. The molecular formula is C17H14FNS. The summed E-state index contributed by atoms with van der Waals surface area (Å²) in [6, 6.07) is 15.0. The maximum absolute atomic E-state index is 12.9. The van der Waals surface area contributed by atoms with Crippen molar-refractivity contribution in [3.8, 4) is 11.3 Å². The van der Waals surface area contributed by atoms with E-state index in [4.69, 9.17) is 0 Å². The molecule has 0 radical (unpaired) electrons. The van der Waals surface area contributed by atoms with E-state index >= 15 is 0 Å². The van der Waals surface area contributed by atoms with Gasteiger partial charge in [0, 0.05) is 17.4 Å². The summed E-state index contributed by atoms with van der Waals surface area (Å²) < 4.78 is 12.9. The molecule has 0 unspecified atom stereocenters. The van der Waals surface area contributed by atoms with E-state index < -0.39 is 0 Å². The average molecular weight is 283 g/mol. The minimum Gasteiger partial charge on any atom is -0.241 e. The average Bonchev–Trinajstić information content (AvgIpc) is 2.91. The molecule has 0 amide bonds. The largest absolute Gasteiger partial charge is 0.241 e. The van der Waals surface area contributed by atoms with Crippen molar-refractivity contribution in [1.82, 2.24) is 4.98 Å². The smallest absolute Gasteiger partial charge is 0.123 e. The summed E-state index contributed by atoms with van der Waals surface area (Å²) in [5.74, 6) is -0.201. The highest BCUT2D eigenvalue weighted by Gasteiger charge is 2.05. The van der Waals surface area contributed by atoms with Gasteiger partial charge in [-0.15, -0.1) is 11.3 Å². The first-order chi connectivity index (χ1) is 9.70. The zero-order valence-electron chi connectivity index (χ0n) is 11.1. The first-order valence-electron chi connectivity index (χ1n) is 6.46. The number of thiazole rings is 1. The second-order valence-electron chi connectivity index (χ2n) is 4.80. The molecule has 100 valence electrons. The number of aromatic nitrogens is 1. The van der Waals surface area contributed by atoms with Gasteiger partial charge in [0.05, 0.1) is 10.7 Å². The highest BCUT2D eigenvalue weighted by atomic mass is 32.1. The van der Waals surface area contributed by atoms with Crippen LogP contribution in [0.1, 0.15) is 16.1 Å². The Bertz CT molecular complexity index is 699. The molecule has 0 atom stereocenters. The Kier molecular flexibility index (Phi) is 3.61. The minimum atomic E-state index is -0.201. The quantitative estimate of drug-likeness (QED) is 0.669. The Morgan fingerprint density at radius 2 is 1.70 bits per heavy atom. The molecule has 1 aromatic heterocycles. The van der Waals surface area contributed by atoms with Gasteiger partial charge in [-0.2, -0.15) is 0 Å². The van der Waals surface area contributed by atoms with Crippen molar-refractivity contribution in [2.24, 2.45) is 0 Å². The fraction of sp³-hybridized carbons (Fsp3) is 0.118. The molecule has 0 N–H and O–H groups in total. The first-order valence-corrected chi connectivity index (χ1v) is 7.34. The van der Waals surface area contributed by atoms with Crippen molar-refractivity contribution in [1.29, 1.82) is 0 Å². The molecule has 0 saturated carbocycles. The van der Waals surface area contributed by atoms with Gasteiger partial charge in [-0.1, -0.05) is 42.0 Å². The predicted molar refractivity (Wildman–Crippen MR) is 81.5 cm³/mol. The molecule has 2 aromatic carbocycles. The Labute approximate surface area is 121 Å². The highest BCUT2D eigenvalue weighted by Crippen LogP contribution is 2.23. The van der Waals surface area contributed by atoms with Gasteiger partial charge >= 0.3 is 0 Å². The number of nitrogens with zero attached hydrogens (tertiary/aromatic N) is 1. The van der Waals surface area contributed by atoms with E-state index in [9.17, 15) is 4.39 Å². The molecular weight excluding hydrogens is 269 g/mol. The van der Waals surface area contributed by atoms with Gasteiger partial charge in [0.1, 0.15) is 5.82 Å². The van der Waals surface area contributed by atoms with E-state index in [0.717, 1.165) is 28.2 Å². The number of benzene rings is 2. The van der Waals surface area contributed by atoms with E-state index in [1.54, 1.807) is 11.3 Å². The summed E-state index contributed by atoms with van der Waals surface area (Å²) in [4.78, 5) is 4.65. The Balaban J connectivity index is 1.80. The number of halogens is 1.